The number of fused-ring (bicyclic) bond motifs is 1. The van der Waals surface area contributed by atoms with Crippen molar-refractivity contribution in [3.05, 3.63) is 46.4 Å². The first kappa shape index (κ1) is 17.4. The monoisotopic (exact) mass is 422 g/mol. The third kappa shape index (κ3) is 4.34. The number of benzene rings is 2. The highest BCUT2D eigenvalue weighted by Gasteiger charge is 2.16. The second-order valence-corrected chi connectivity index (χ2v) is 8.24. The van der Waals surface area contributed by atoms with Gasteiger partial charge in [0.05, 0.1) is 17.2 Å². The lowest BCUT2D eigenvalue weighted by Crippen LogP contribution is -2.19. The molecule has 0 fully saturated rings. The molecule has 0 atom stereocenters. The van der Waals surface area contributed by atoms with E-state index in [0.29, 0.717) is 17.2 Å². The second kappa shape index (κ2) is 7.63. The van der Waals surface area contributed by atoms with E-state index in [2.05, 4.69) is 26.6 Å². The minimum Gasteiger partial charge on any atom is -0.325 e. The summed E-state index contributed by atoms with van der Waals surface area (Å²) < 4.78 is 1.03. The third-order valence-corrected chi connectivity index (χ3v) is 6.13. The first-order valence-electron chi connectivity index (χ1n) is 7.27. The minimum absolute atomic E-state index is 0.0164. The summed E-state index contributed by atoms with van der Waals surface area (Å²) in [6.45, 7) is 2.02. The van der Waals surface area contributed by atoms with E-state index in [1.165, 1.54) is 23.5 Å². The lowest BCUT2D eigenvalue weighted by atomic mass is 10.2. The summed E-state index contributed by atoms with van der Waals surface area (Å²) in [6.07, 6.45) is 0. The first-order valence-corrected chi connectivity index (χ1v) is 10.0. The molecule has 2 aromatic rings. The van der Waals surface area contributed by atoms with Crippen LogP contribution in [0.25, 0.3) is 0 Å². The molecule has 24 heavy (non-hydrogen) atoms. The summed E-state index contributed by atoms with van der Waals surface area (Å²) in [7, 11) is 0. The van der Waals surface area contributed by atoms with Crippen LogP contribution in [0, 0.1) is 6.92 Å². The average molecular weight is 423 g/mol. The van der Waals surface area contributed by atoms with E-state index in [-0.39, 0.29) is 11.8 Å². The van der Waals surface area contributed by atoms with Crippen molar-refractivity contribution in [1.82, 2.24) is 0 Å². The maximum atomic E-state index is 12.2. The molecule has 1 aliphatic heterocycles. The Morgan fingerprint density at radius 2 is 2.17 bits per heavy atom. The fraction of sp³-hybridized carbons (Fsp3) is 0.176. The van der Waals surface area contributed by atoms with Crippen molar-refractivity contribution >= 4 is 62.6 Å². The van der Waals surface area contributed by atoms with Gasteiger partial charge in [0.2, 0.25) is 11.8 Å². The van der Waals surface area contributed by atoms with Crippen LogP contribution in [-0.2, 0) is 9.59 Å². The largest absolute Gasteiger partial charge is 0.325 e. The lowest BCUT2D eigenvalue weighted by molar-refractivity contribution is -0.114. The van der Waals surface area contributed by atoms with Crippen molar-refractivity contribution in [3.8, 4) is 0 Å². The summed E-state index contributed by atoms with van der Waals surface area (Å²) in [4.78, 5) is 25.7. The molecule has 7 heteroatoms. The molecule has 0 unspecified atom stereocenters. The van der Waals surface area contributed by atoms with Gasteiger partial charge in [-0.25, -0.2) is 0 Å². The SMILES string of the molecule is Cc1cc(Br)ccc1SCC(=O)Nc1ccc2c(c1)NC(=O)CS2. The molecule has 2 N–H and O–H groups in total. The zero-order valence-electron chi connectivity index (χ0n) is 12.9. The van der Waals surface area contributed by atoms with Gasteiger partial charge in [-0.05, 0) is 48.9 Å². The normalized spacial score (nSPS) is 13.2. The van der Waals surface area contributed by atoms with Crippen LogP contribution in [0.2, 0.25) is 0 Å². The zero-order chi connectivity index (χ0) is 17.1. The molecule has 3 rings (SSSR count). The highest BCUT2D eigenvalue weighted by Crippen LogP contribution is 2.33. The number of aryl methyl sites for hydroxylation is 1. The molecular formula is C17H15BrN2O2S2. The molecule has 0 saturated carbocycles. The van der Waals surface area contributed by atoms with Crippen molar-refractivity contribution in [2.24, 2.45) is 0 Å². The van der Waals surface area contributed by atoms with E-state index >= 15 is 0 Å². The van der Waals surface area contributed by atoms with E-state index in [1.54, 1.807) is 6.07 Å². The van der Waals surface area contributed by atoms with Crippen molar-refractivity contribution in [2.45, 2.75) is 16.7 Å². The molecular weight excluding hydrogens is 408 g/mol. The van der Waals surface area contributed by atoms with Gasteiger partial charge in [0.1, 0.15) is 0 Å². The van der Waals surface area contributed by atoms with E-state index in [9.17, 15) is 9.59 Å². The van der Waals surface area contributed by atoms with Crippen LogP contribution in [-0.4, -0.2) is 23.3 Å². The van der Waals surface area contributed by atoms with Gasteiger partial charge in [-0.15, -0.1) is 23.5 Å². The zero-order valence-corrected chi connectivity index (χ0v) is 16.1. The van der Waals surface area contributed by atoms with Gasteiger partial charge in [0.25, 0.3) is 0 Å². The third-order valence-electron chi connectivity index (χ3n) is 3.39. The Morgan fingerprint density at radius 1 is 1.33 bits per heavy atom. The summed E-state index contributed by atoms with van der Waals surface area (Å²) >= 11 is 6.44. The molecule has 0 radical (unpaired) electrons. The number of rotatable bonds is 4. The van der Waals surface area contributed by atoms with Crippen LogP contribution in [0.3, 0.4) is 0 Å². The predicted molar refractivity (Wildman–Crippen MR) is 104 cm³/mol. The minimum atomic E-state index is -0.0722. The van der Waals surface area contributed by atoms with Gasteiger partial charge >= 0.3 is 0 Å². The summed E-state index contributed by atoms with van der Waals surface area (Å²) in [5, 5.41) is 5.70. The second-order valence-electron chi connectivity index (χ2n) is 5.29. The standard InChI is InChI=1S/C17H15BrN2O2S2/c1-10-6-11(18)2-4-14(10)23-8-16(21)19-12-3-5-15-13(7-12)20-17(22)9-24-15/h2-7H,8-9H2,1H3,(H,19,21)(H,20,22). The van der Waals surface area contributed by atoms with Gasteiger partial charge in [-0.1, -0.05) is 15.9 Å². The van der Waals surface area contributed by atoms with Crippen LogP contribution in [0.1, 0.15) is 5.56 Å². The van der Waals surface area contributed by atoms with Gasteiger partial charge in [-0.2, -0.15) is 0 Å². The fourth-order valence-corrected chi connectivity index (χ4v) is 4.35. The molecule has 0 spiro atoms. The van der Waals surface area contributed by atoms with Crippen LogP contribution in [0.15, 0.2) is 50.7 Å². The van der Waals surface area contributed by atoms with E-state index in [4.69, 9.17) is 0 Å². The Bertz CT molecular complexity index is 811. The fourth-order valence-electron chi connectivity index (χ4n) is 2.28. The predicted octanol–water partition coefficient (Wildman–Crippen LogP) is 4.53. The molecule has 1 heterocycles. The lowest BCUT2D eigenvalue weighted by Gasteiger charge is -2.17. The van der Waals surface area contributed by atoms with Crippen LogP contribution >= 0.6 is 39.5 Å². The molecule has 4 nitrogen and oxygen atoms in total. The number of nitrogens with one attached hydrogen (secondary N) is 2. The number of amides is 2. The van der Waals surface area contributed by atoms with E-state index in [1.807, 2.05) is 37.3 Å². The quantitative estimate of drug-likeness (QED) is 0.710. The summed E-state index contributed by atoms with van der Waals surface area (Å²) in [5.41, 5.74) is 2.58. The van der Waals surface area contributed by atoms with Crippen molar-refractivity contribution in [3.63, 3.8) is 0 Å². The number of carbonyl (C=O) groups excluding carboxylic acids is 2. The number of hydrogen-bond donors (Lipinski definition) is 2. The Morgan fingerprint density at radius 3 is 2.96 bits per heavy atom. The Hall–Kier alpha value is -1.44. The molecule has 2 aromatic carbocycles. The van der Waals surface area contributed by atoms with Crippen LogP contribution in [0.5, 0.6) is 0 Å². The Balaban J connectivity index is 1.61. The number of carbonyl (C=O) groups is 2. The summed E-state index contributed by atoms with van der Waals surface area (Å²) in [6, 6.07) is 11.6. The molecule has 0 bridgehead atoms. The number of hydrogen-bond acceptors (Lipinski definition) is 4. The van der Waals surface area contributed by atoms with Gasteiger partial charge < -0.3 is 10.6 Å². The average Bonchev–Trinajstić information content (AvgIpc) is 2.53. The van der Waals surface area contributed by atoms with Crippen molar-refractivity contribution < 1.29 is 9.59 Å². The molecule has 124 valence electrons. The van der Waals surface area contributed by atoms with Crippen molar-refractivity contribution in [2.75, 3.05) is 22.1 Å². The van der Waals surface area contributed by atoms with Gasteiger partial charge in [0, 0.05) is 20.0 Å². The number of anilines is 2. The molecule has 1 aliphatic rings. The molecule has 2 amide bonds. The molecule has 0 saturated heterocycles. The Kier molecular flexibility index (Phi) is 5.53. The van der Waals surface area contributed by atoms with E-state index in [0.717, 1.165) is 25.5 Å². The maximum Gasteiger partial charge on any atom is 0.234 e. The Labute approximate surface area is 157 Å². The van der Waals surface area contributed by atoms with E-state index < -0.39 is 0 Å². The number of halogens is 1. The van der Waals surface area contributed by atoms with Crippen molar-refractivity contribution in [1.29, 1.82) is 0 Å². The van der Waals surface area contributed by atoms with Crippen LogP contribution < -0.4 is 10.6 Å². The summed E-state index contributed by atoms with van der Waals surface area (Å²) in [5.74, 6) is 0.678. The smallest absolute Gasteiger partial charge is 0.234 e. The van der Waals surface area contributed by atoms with Crippen LogP contribution in [0.4, 0.5) is 11.4 Å². The molecule has 0 aliphatic carbocycles. The number of thioether (sulfide) groups is 2. The topological polar surface area (TPSA) is 58.2 Å². The van der Waals surface area contributed by atoms with Gasteiger partial charge in [-0.3, -0.25) is 9.59 Å². The first-order chi connectivity index (χ1) is 11.5. The molecule has 0 aromatic heterocycles. The highest BCUT2D eigenvalue weighted by atomic mass is 79.9. The maximum absolute atomic E-state index is 12.2. The highest BCUT2D eigenvalue weighted by molar-refractivity contribution is 9.10. The van der Waals surface area contributed by atoms with Gasteiger partial charge in [0.15, 0.2) is 0 Å².